The summed E-state index contributed by atoms with van der Waals surface area (Å²) >= 11 is 0. The SMILES string of the molecule is C[C@H](/C=C/CC(=O)N(CCO)Cc1ccccc1)[C@@]1(O)C(=O)N(Cc2ccc(-n3ncc4ccccc4c3=O)cc2)c2ccc([N+](=O)[O-])cc21. The van der Waals surface area contributed by atoms with Crippen molar-refractivity contribution in [3.8, 4) is 5.69 Å². The van der Waals surface area contributed by atoms with Crippen LogP contribution in [0.4, 0.5) is 11.4 Å². The lowest BCUT2D eigenvalue weighted by atomic mass is 9.82. The first-order valence-corrected chi connectivity index (χ1v) is 16.1. The molecule has 50 heavy (non-hydrogen) atoms. The van der Waals surface area contributed by atoms with Crippen LogP contribution in [0.1, 0.15) is 30.0 Å². The van der Waals surface area contributed by atoms with Crippen molar-refractivity contribution in [3.63, 3.8) is 0 Å². The van der Waals surface area contributed by atoms with Gasteiger partial charge in [0.1, 0.15) is 0 Å². The smallest absolute Gasteiger partial charge is 0.279 e. The van der Waals surface area contributed by atoms with Gasteiger partial charge in [0.25, 0.3) is 17.2 Å². The maximum Gasteiger partial charge on any atom is 0.279 e. The molecule has 6 rings (SSSR count). The molecule has 5 aromatic rings. The fourth-order valence-corrected chi connectivity index (χ4v) is 6.26. The van der Waals surface area contributed by atoms with E-state index in [9.17, 15) is 34.7 Å². The van der Waals surface area contributed by atoms with Crippen LogP contribution in [0, 0.1) is 16.0 Å². The molecule has 12 nitrogen and oxygen atoms in total. The van der Waals surface area contributed by atoms with E-state index >= 15 is 0 Å². The maximum atomic E-state index is 14.1. The molecular formula is C38H35N5O7. The summed E-state index contributed by atoms with van der Waals surface area (Å²) in [6, 6.07) is 27.4. The molecule has 0 spiro atoms. The van der Waals surface area contributed by atoms with E-state index in [1.165, 1.54) is 32.7 Å². The lowest BCUT2D eigenvalue weighted by Gasteiger charge is -2.27. The molecule has 0 saturated heterocycles. The summed E-state index contributed by atoms with van der Waals surface area (Å²) in [5.41, 5.74) is -0.168. The van der Waals surface area contributed by atoms with Gasteiger partial charge in [-0.2, -0.15) is 9.78 Å². The van der Waals surface area contributed by atoms with E-state index in [4.69, 9.17) is 0 Å². The zero-order valence-electron chi connectivity index (χ0n) is 27.3. The predicted octanol–water partition coefficient (Wildman–Crippen LogP) is 4.63. The average Bonchev–Trinajstić information content (AvgIpc) is 3.34. The van der Waals surface area contributed by atoms with Crippen LogP contribution in [-0.4, -0.2) is 54.8 Å². The van der Waals surface area contributed by atoms with Crippen LogP contribution in [0.15, 0.2) is 120 Å². The number of nitrogens with zero attached hydrogens (tertiary/aromatic N) is 5. The highest BCUT2D eigenvalue weighted by Crippen LogP contribution is 2.47. The first kappa shape index (κ1) is 33.9. The molecule has 12 heteroatoms. The van der Waals surface area contributed by atoms with Gasteiger partial charge in [0, 0.05) is 48.5 Å². The van der Waals surface area contributed by atoms with E-state index in [1.807, 2.05) is 42.5 Å². The van der Waals surface area contributed by atoms with Gasteiger partial charge in [-0.05, 0) is 35.4 Å². The lowest BCUT2D eigenvalue weighted by molar-refractivity contribution is -0.385. The molecule has 1 aliphatic heterocycles. The second-order valence-electron chi connectivity index (χ2n) is 12.2. The van der Waals surface area contributed by atoms with Gasteiger partial charge in [0.2, 0.25) is 5.91 Å². The van der Waals surface area contributed by atoms with Crippen molar-refractivity contribution in [1.29, 1.82) is 0 Å². The number of amides is 2. The van der Waals surface area contributed by atoms with Crippen LogP contribution in [-0.2, 0) is 28.3 Å². The Morgan fingerprint density at radius 1 is 1.00 bits per heavy atom. The molecule has 0 bridgehead atoms. The van der Waals surface area contributed by atoms with Crippen molar-refractivity contribution in [2.45, 2.75) is 32.0 Å². The highest BCUT2D eigenvalue weighted by Gasteiger charge is 2.53. The van der Waals surface area contributed by atoms with Crippen molar-refractivity contribution in [2.75, 3.05) is 18.1 Å². The quantitative estimate of drug-likeness (QED) is 0.110. The zero-order valence-corrected chi connectivity index (χ0v) is 27.3. The molecule has 1 aromatic heterocycles. The summed E-state index contributed by atoms with van der Waals surface area (Å²) in [5, 5.41) is 38.8. The van der Waals surface area contributed by atoms with Gasteiger partial charge in [0.15, 0.2) is 5.60 Å². The van der Waals surface area contributed by atoms with Crippen LogP contribution >= 0.6 is 0 Å². The Bertz CT molecular complexity index is 2150. The van der Waals surface area contributed by atoms with Gasteiger partial charge < -0.3 is 20.0 Å². The monoisotopic (exact) mass is 673 g/mol. The second kappa shape index (κ2) is 14.2. The van der Waals surface area contributed by atoms with Gasteiger partial charge >= 0.3 is 0 Å². The van der Waals surface area contributed by atoms with E-state index in [-0.39, 0.29) is 48.8 Å². The molecule has 0 saturated carbocycles. The number of carbonyl (C=O) groups is 2. The summed E-state index contributed by atoms with van der Waals surface area (Å²) < 4.78 is 1.30. The molecule has 254 valence electrons. The van der Waals surface area contributed by atoms with Gasteiger partial charge in [-0.25, -0.2) is 0 Å². The minimum Gasteiger partial charge on any atom is -0.395 e. The van der Waals surface area contributed by atoms with E-state index in [1.54, 1.807) is 61.7 Å². The minimum atomic E-state index is -2.15. The minimum absolute atomic E-state index is 0.0385. The normalized spacial score (nSPS) is 16.1. The molecule has 2 N–H and O–H groups in total. The van der Waals surface area contributed by atoms with Crippen LogP contribution in [0.25, 0.3) is 16.5 Å². The number of non-ortho nitro benzene ring substituents is 1. The van der Waals surface area contributed by atoms with E-state index in [2.05, 4.69) is 5.10 Å². The van der Waals surface area contributed by atoms with E-state index < -0.39 is 22.3 Å². The molecular weight excluding hydrogens is 638 g/mol. The number of aliphatic hydroxyl groups excluding tert-OH is 1. The zero-order chi connectivity index (χ0) is 35.4. The Balaban J connectivity index is 1.23. The number of benzene rings is 4. The number of aromatic nitrogens is 2. The number of aliphatic hydroxyl groups is 2. The number of nitro benzene ring substituents is 1. The Labute approximate surface area is 287 Å². The van der Waals surface area contributed by atoms with Crippen molar-refractivity contribution in [1.82, 2.24) is 14.7 Å². The molecule has 0 unspecified atom stereocenters. The standard InChI is InChI=1S/C38H35N5O7/c1-26(8-7-13-35(45)40(20-21-44)24-27-9-3-2-4-10-27)38(48)33-22-31(43(49)50)18-19-34(33)41(37(38)47)25-28-14-16-30(17-15-28)42-36(46)32-12-6-5-11-29(32)23-39-42/h2-12,14-19,22-23,26,44,48H,13,20-21,24-25H2,1H3/b8-7+/t26-,38+/m1/s1. The number of hydrogen-bond acceptors (Lipinski definition) is 8. The molecule has 2 heterocycles. The van der Waals surface area contributed by atoms with Gasteiger partial charge in [-0.3, -0.25) is 24.5 Å². The summed E-state index contributed by atoms with van der Waals surface area (Å²) in [6.07, 6.45) is 4.69. The van der Waals surface area contributed by atoms with E-state index in [0.717, 1.165) is 10.9 Å². The third kappa shape index (κ3) is 6.53. The molecule has 0 aliphatic carbocycles. The van der Waals surface area contributed by atoms with Crippen LogP contribution in [0.3, 0.4) is 0 Å². The summed E-state index contributed by atoms with van der Waals surface area (Å²) in [7, 11) is 0. The number of rotatable bonds is 12. The Kier molecular flexibility index (Phi) is 9.66. The molecule has 2 atom stereocenters. The Morgan fingerprint density at radius 3 is 2.44 bits per heavy atom. The number of hydrogen-bond donors (Lipinski definition) is 2. The molecule has 4 aromatic carbocycles. The summed E-state index contributed by atoms with van der Waals surface area (Å²) in [4.78, 5) is 54.2. The topological polar surface area (TPSA) is 159 Å². The molecule has 0 radical (unpaired) electrons. The van der Waals surface area contributed by atoms with Crippen LogP contribution < -0.4 is 10.5 Å². The Morgan fingerprint density at radius 2 is 1.72 bits per heavy atom. The molecule has 1 aliphatic rings. The van der Waals surface area contributed by atoms with Crippen molar-refractivity contribution in [2.24, 2.45) is 5.92 Å². The number of nitro groups is 1. The first-order chi connectivity index (χ1) is 24.1. The summed E-state index contributed by atoms with van der Waals surface area (Å²) in [5.74, 6) is -1.79. The number of carbonyl (C=O) groups excluding carboxylic acids is 2. The molecule has 0 fully saturated rings. The average molecular weight is 674 g/mol. The van der Waals surface area contributed by atoms with Crippen LogP contribution in [0.2, 0.25) is 0 Å². The third-order valence-electron chi connectivity index (χ3n) is 9.00. The third-order valence-corrected chi connectivity index (χ3v) is 9.00. The number of anilines is 1. The van der Waals surface area contributed by atoms with Crippen molar-refractivity contribution < 1.29 is 24.7 Å². The largest absolute Gasteiger partial charge is 0.395 e. The highest BCUT2D eigenvalue weighted by molar-refractivity contribution is 6.07. The van der Waals surface area contributed by atoms with Crippen molar-refractivity contribution in [3.05, 3.63) is 153 Å². The summed E-state index contributed by atoms with van der Waals surface area (Å²) in [6.45, 7) is 1.90. The maximum absolute atomic E-state index is 14.1. The fourth-order valence-electron chi connectivity index (χ4n) is 6.26. The van der Waals surface area contributed by atoms with Gasteiger partial charge in [0.05, 0.1) is 41.0 Å². The second-order valence-corrected chi connectivity index (χ2v) is 12.2. The van der Waals surface area contributed by atoms with Crippen molar-refractivity contribution >= 4 is 34.0 Å². The molecule has 2 amide bonds. The van der Waals surface area contributed by atoms with Gasteiger partial charge in [-0.15, -0.1) is 0 Å². The first-order valence-electron chi connectivity index (χ1n) is 16.1. The van der Waals surface area contributed by atoms with E-state index in [0.29, 0.717) is 28.9 Å². The Hall–Kier alpha value is -5.98. The predicted molar refractivity (Wildman–Crippen MR) is 187 cm³/mol. The van der Waals surface area contributed by atoms with Crippen LogP contribution in [0.5, 0.6) is 0 Å². The van der Waals surface area contributed by atoms with Gasteiger partial charge in [-0.1, -0.05) is 79.7 Å². The lowest BCUT2D eigenvalue weighted by Crippen LogP contribution is -2.44. The number of fused-ring (bicyclic) bond motifs is 2. The fraction of sp³-hybridized carbons (Fsp3) is 0.211. The highest BCUT2D eigenvalue weighted by atomic mass is 16.6.